The van der Waals surface area contributed by atoms with E-state index in [1.54, 1.807) is 31.4 Å². The minimum atomic E-state index is -0.377. The molecule has 0 aliphatic carbocycles. The second-order valence-electron chi connectivity index (χ2n) is 7.29. The van der Waals surface area contributed by atoms with Crippen molar-refractivity contribution in [2.45, 2.75) is 12.3 Å². The van der Waals surface area contributed by atoms with Crippen molar-refractivity contribution in [3.05, 3.63) is 93.7 Å². The van der Waals surface area contributed by atoms with E-state index < -0.39 is 0 Å². The number of halogens is 1. The highest BCUT2D eigenvalue weighted by atomic mass is 35.5. The van der Waals surface area contributed by atoms with Crippen LogP contribution in [0.4, 0.5) is 0 Å². The molecule has 0 amide bonds. The lowest BCUT2D eigenvalue weighted by Crippen LogP contribution is -2.21. The van der Waals surface area contributed by atoms with E-state index in [0.717, 1.165) is 11.1 Å². The van der Waals surface area contributed by atoms with Crippen LogP contribution in [0.3, 0.4) is 0 Å². The van der Waals surface area contributed by atoms with Gasteiger partial charge in [0.15, 0.2) is 5.76 Å². The van der Waals surface area contributed by atoms with Gasteiger partial charge >= 0.3 is 5.97 Å². The van der Waals surface area contributed by atoms with Gasteiger partial charge in [-0.05, 0) is 35.9 Å². The van der Waals surface area contributed by atoms with E-state index in [4.69, 9.17) is 25.8 Å². The summed E-state index contributed by atoms with van der Waals surface area (Å²) in [5.74, 6) is 0.630. The Hall–Kier alpha value is -3.57. The van der Waals surface area contributed by atoms with Crippen molar-refractivity contribution in [2.75, 3.05) is 7.11 Å². The standard InChI is InChI=1S/C25H17ClO5/c1-29-19-9-5-2-6-14(19)12-21-24(28)16-10-11-20-23(25(16)31-21)17(13-22(27)30-20)15-7-3-4-8-18(15)26/h2-12,17H,13H2,1H3/b21-12-. The van der Waals surface area contributed by atoms with Crippen LogP contribution in [0.15, 0.2) is 66.4 Å². The maximum absolute atomic E-state index is 13.1. The Labute approximate surface area is 183 Å². The fourth-order valence-electron chi connectivity index (χ4n) is 4.06. The molecule has 0 fully saturated rings. The summed E-state index contributed by atoms with van der Waals surface area (Å²) in [5, 5.41) is 0.542. The number of methoxy groups -OCH3 is 1. The van der Waals surface area contributed by atoms with Gasteiger partial charge in [-0.1, -0.05) is 48.0 Å². The highest BCUT2D eigenvalue weighted by molar-refractivity contribution is 6.31. The van der Waals surface area contributed by atoms with Gasteiger partial charge in [-0.15, -0.1) is 0 Å². The third kappa shape index (κ3) is 3.27. The van der Waals surface area contributed by atoms with Gasteiger partial charge in [-0.25, -0.2) is 0 Å². The SMILES string of the molecule is COc1ccccc1/C=C1\Oc2c(ccc3c2C(c2ccccc2Cl)CC(=O)O3)C1=O. The number of ketones is 1. The van der Waals surface area contributed by atoms with Gasteiger partial charge < -0.3 is 14.2 Å². The Bertz CT molecular complexity index is 1260. The molecule has 0 N–H and O–H groups in total. The second-order valence-corrected chi connectivity index (χ2v) is 7.70. The number of carbonyl (C=O) groups is 2. The number of benzene rings is 3. The number of ether oxygens (including phenoxy) is 3. The molecule has 5 nitrogen and oxygen atoms in total. The van der Waals surface area contributed by atoms with Crippen molar-refractivity contribution in [1.29, 1.82) is 0 Å². The Morgan fingerprint density at radius 2 is 1.77 bits per heavy atom. The molecule has 0 saturated heterocycles. The molecule has 2 aliphatic heterocycles. The maximum Gasteiger partial charge on any atom is 0.312 e. The van der Waals surface area contributed by atoms with Gasteiger partial charge in [0.2, 0.25) is 5.78 Å². The van der Waals surface area contributed by atoms with Gasteiger partial charge in [-0.2, -0.15) is 0 Å². The van der Waals surface area contributed by atoms with Crippen molar-refractivity contribution >= 4 is 29.4 Å². The summed E-state index contributed by atoms with van der Waals surface area (Å²) in [6.45, 7) is 0. The Morgan fingerprint density at radius 1 is 1.00 bits per heavy atom. The van der Waals surface area contributed by atoms with Crippen LogP contribution in [0.5, 0.6) is 17.2 Å². The van der Waals surface area contributed by atoms with Gasteiger partial charge in [-0.3, -0.25) is 9.59 Å². The summed E-state index contributed by atoms with van der Waals surface area (Å²) in [4.78, 5) is 25.4. The zero-order chi connectivity index (χ0) is 21.5. The van der Waals surface area contributed by atoms with Gasteiger partial charge in [0.1, 0.15) is 17.2 Å². The van der Waals surface area contributed by atoms with Crippen LogP contribution in [-0.4, -0.2) is 18.9 Å². The summed E-state index contributed by atoms with van der Waals surface area (Å²) in [6.07, 6.45) is 1.77. The van der Waals surface area contributed by atoms with Gasteiger partial charge in [0.25, 0.3) is 0 Å². The number of esters is 1. The van der Waals surface area contributed by atoms with Crippen molar-refractivity contribution in [1.82, 2.24) is 0 Å². The van der Waals surface area contributed by atoms with Crippen LogP contribution in [0, 0.1) is 0 Å². The molecular weight excluding hydrogens is 416 g/mol. The predicted octanol–water partition coefficient (Wildman–Crippen LogP) is 5.41. The van der Waals surface area contributed by atoms with Gasteiger partial charge in [0, 0.05) is 22.1 Å². The van der Waals surface area contributed by atoms with E-state index in [1.165, 1.54) is 0 Å². The van der Waals surface area contributed by atoms with E-state index in [1.807, 2.05) is 42.5 Å². The minimum absolute atomic E-state index is 0.107. The average molecular weight is 433 g/mol. The molecule has 5 rings (SSSR count). The van der Waals surface area contributed by atoms with E-state index in [-0.39, 0.29) is 29.9 Å². The summed E-state index contributed by atoms with van der Waals surface area (Å²) < 4.78 is 16.9. The van der Waals surface area contributed by atoms with Crippen molar-refractivity contribution in [3.63, 3.8) is 0 Å². The number of allylic oxidation sites excluding steroid dienone is 1. The fraction of sp³-hybridized carbons (Fsp3) is 0.120. The largest absolute Gasteiger partial charge is 0.496 e. The second kappa shape index (κ2) is 7.60. The zero-order valence-corrected chi connectivity index (χ0v) is 17.3. The molecule has 2 heterocycles. The molecule has 0 saturated carbocycles. The molecule has 1 unspecified atom stereocenters. The highest BCUT2D eigenvalue weighted by Gasteiger charge is 2.39. The molecule has 3 aromatic carbocycles. The van der Waals surface area contributed by atoms with E-state index in [2.05, 4.69) is 0 Å². The molecule has 0 radical (unpaired) electrons. The molecule has 0 bridgehead atoms. The topological polar surface area (TPSA) is 61.8 Å². The number of hydrogen-bond donors (Lipinski definition) is 0. The molecule has 0 spiro atoms. The molecule has 1 atom stereocenters. The lowest BCUT2D eigenvalue weighted by molar-refractivity contribution is -0.135. The zero-order valence-electron chi connectivity index (χ0n) is 16.6. The van der Waals surface area contributed by atoms with Crippen molar-refractivity contribution in [2.24, 2.45) is 0 Å². The van der Waals surface area contributed by atoms with E-state index >= 15 is 0 Å². The monoisotopic (exact) mass is 432 g/mol. The average Bonchev–Trinajstić information content (AvgIpc) is 3.09. The molecule has 31 heavy (non-hydrogen) atoms. The Kier molecular flexibility index (Phi) is 4.75. The smallest absolute Gasteiger partial charge is 0.312 e. The molecule has 3 aromatic rings. The summed E-state index contributed by atoms with van der Waals surface area (Å²) in [6, 6.07) is 18.0. The lowest BCUT2D eigenvalue weighted by Gasteiger charge is -2.26. The first-order valence-corrected chi connectivity index (χ1v) is 10.1. The molecule has 2 aliphatic rings. The van der Waals surface area contributed by atoms with E-state index in [9.17, 15) is 9.59 Å². The van der Waals surface area contributed by atoms with Crippen LogP contribution >= 0.6 is 11.6 Å². The summed E-state index contributed by atoms with van der Waals surface area (Å²) >= 11 is 6.44. The molecular formula is C25H17ClO5. The summed E-state index contributed by atoms with van der Waals surface area (Å²) in [7, 11) is 1.57. The fourth-order valence-corrected chi connectivity index (χ4v) is 4.32. The number of fused-ring (bicyclic) bond motifs is 3. The third-order valence-electron chi connectivity index (χ3n) is 5.49. The number of rotatable bonds is 3. The normalized spacial score (nSPS) is 18.3. The van der Waals surface area contributed by atoms with E-state index in [0.29, 0.717) is 33.4 Å². The number of Topliss-reactive ketones (excluding diaryl/α,β-unsaturated/α-hetero) is 1. The van der Waals surface area contributed by atoms with Crippen molar-refractivity contribution in [3.8, 4) is 17.2 Å². The maximum atomic E-state index is 13.1. The van der Waals surface area contributed by atoms with Crippen LogP contribution in [0.25, 0.3) is 6.08 Å². The number of hydrogen-bond acceptors (Lipinski definition) is 5. The van der Waals surface area contributed by atoms with Crippen LogP contribution in [-0.2, 0) is 4.79 Å². The van der Waals surface area contributed by atoms with Crippen LogP contribution < -0.4 is 14.2 Å². The number of carbonyl (C=O) groups excluding carboxylic acids is 2. The highest BCUT2D eigenvalue weighted by Crippen LogP contribution is 2.50. The predicted molar refractivity (Wildman–Crippen MR) is 116 cm³/mol. The Balaban J connectivity index is 1.64. The first-order chi connectivity index (χ1) is 15.1. The van der Waals surface area contributed by atoms with Crippen LogP contribution in [0.2, 0.25) is 5.02 Å². The quantitative estimate of drug-likeness (QED) is 0.315. The molecule has 6 heteroatoms. The summed E-state index contributed by atoms with van der Waals surface area (Å²) in [5.41, 5.74) is 2.59. The first kappa shape index (κ1) is 19.4. The lowest BCUT2D eigenvalue weighted by atomic mass is 9.84. The Morgan fingerprint density at radius 3 is 2.58 bits per heavy atom. The minimum Gasteiger partial charge on any atom is -0.496 e. The number of para-hydroxylation sites is 1. The van der Waals surface area contributed by atoms with Crippen LogP contribution in [0.1, 0.15) is 39.4 Å². The van der Waals surface area contributed by atoms with Gasteiger partial charge in [0.05, 0.1) is 19.1 Å². The van der Waals surface area contributed by atoms with Crippen molar-refractivity contribution < 1.29 is 23.8 Å². The first-order valence-electron chi connectivity index (χ1n) is 9.76. The third-order valence-corrected chi connectivity index (χ3v) is 5.83. The molecule has 154 valence electrons. The molecule has 0 aromatic heterocycles.